The fourth-order valence-corrected chi connectivity index (χ4v) is 5.15. The Balaban J connectivity index is 1.40. The summed E-state index contributed by atoms with van der Waals surface area (Å²) in [6.45, 7) is 6.89. The lowest BCUT2D eigenvalue weighted by Gasteiger charge is -2.30. The molecule has 0 saturated carbocycles. The second kappa shape index (κ2) is 11.6. The third kappa shape index (κ3) is 6.55. The summed E-state index contributed by atoms with van der Waals surface area (Å²) < 4.78 is 24.1. The molecule has 4 rings (SSSR count). The number of halogens is 1. The van der Waals surface area contributed by atoms with Gasteiger partial charge in [-0.2, -0.15) is 0 Å². The van der Waals surface area contributed by atoms with Crippen molar-refractivity contribution >= 4 is 23.2 Å². The molecule has 0 radical (unpaired) electrons. The first-order valence-corrected chi connectivity index (χ1v) is 12.7. The number of aromatic nitrogens is 1. The van der Waals surface area contributed by atoms with Crippen molar-refractivity contribution in [2.45, 2.75) is 46.3 Å². The number of amides is 1. The van der Waals surface area contributed by atoms with Gasteiger partial charge in [-0.1, -0.05) is 12.1 Å². The van der Waals surface area contributed by atoms with Crippen LogP contribution >= 0.6 is 11.3 Å². The highest BCUT2D eigenvalue weighted by Gasteiger charge is 2.30. The van der Waals surface area contributed by atoms with Gasteiger partial charge >= 0.3 is 5.97 Å². The number of aryl methyl sites for hydroxylation is 1. The minimum absolute atomic E-state index is 0.160. The van der Waals surface area contributed by atoms with Gasteiger partial charge in [0, 0.05) is 31.1 Å². The van der Waals surface area contributed by atoms with Gasteiger partial charge in [0.05, 0.1) is 19.1 Å². The van der Waals surface area contributed by atoms with E-state index >= 15 is 0 Å². The monoisotopic (exact) mass is 499 g/mol. The van der Waals surface area contributed by atoms with Gasteiger partial charge in [-0.3, -0.25) is 14.5 Å². The summed E-state index contributed by atoms with van der Waals surface area (Å²) in [4.78, 5) is 34.5. The number of piperidine rings is 1. The van der Waals surface area contributed by atoms with Crippen LogP contribution < -0.4 is 0 Å². The number of thiophene rings is 1. The van der Waals surface area contributed by atoms with Crippen LogP contribution in [0.15, 0.2) is 46.4 Å². The molecule has 1 fully saturated rings. The molecule has 0 bridgehead atoms. The van der Waals surface area contributed by atoms with Gasteiger partial charge in [-0.15, -0.1) is 11.3 Å². The number of likely N-dealkylation sites (tertiary alicyclic amines) is 1. The Labute approximate surface area is 208 Å². The van der Waals surface area contributed by atoms with Gasteiger partial charge in [0.1, 0.15) is 12.1 Å². The SMILES string of the molecule is CCOC(=O)C1CCN(C(=O)c2coc(CN(Cc3ccc(F)cc3)Cc3sccc3C)n2)CC1. The highest BCUT2D eigenvalue weighted by molar-refractivity contribution is 7.10. The zero-order valence-corrected chi connectivity index (χ0v) is 20.9. The van der Waals surface area contributed by atoms with Crippen LogP contribution in [0.3, 0.4) is 0 Å². The summed E-state index contributed by atoms with van der Waals surface area (Å²) in [6, 6.07) is 8.54. The molecule has 3 aromatic rings. The van der Waals surface area contributed by atoms with Crippen LogP contribution in [-0.2, 0) is 29.2 Å². The van der Waals surface area contributed by atoms with Gasteiger partial charge in [0.15, 0.2) is 5.69 Å². The number of hydrogen-bond donors (Lipinski definition) is 0. The first-order chi connectivity index (χ1) is 16.9. The highest BCUT2D eigenvalue weighted by Crippen LogP contribution is 2.23. The minimum atomic E-state index is -0.267. The lowest BCUT2D eigenvalue weighted by Crippen LogP contribution is -2.40. The summed E-state index contributed by atoms with van der Waals surface area (Å²) in [5, 5.41) is 2.06. The molecule has 9 heteroatoms. The van der Waals surface area contributed by atoms with E-state index < -0.39 is 0 Å². The molecular formula is C26H30FN3O4S. The van der Waals surface area contributed by atoms with Crippen molar-refractivity contribution in [2.24, 2.45) is 5.92 Å². The van der Waals surface area contributed by atoms with Gasteiger partial charge in [-0.25, -0.2) is 9.37 Å². The second-order valence-corrected chi connectivity index (χ2v) is 9.74. The zero-order chi connectivity index (χ0) is 24.8. The lowest BCUT2D eigenvalue weighted by atomic mass is 9.97. The predicted octanol–water partition coefficient (Wildman–Crippen LogP) is 4.80. The molecule has 1 saturated heterocycles. The number of esters is 1. The molecule has 186 valence electrons. The van der Waals surface area contributed by atoms with Gasteiger partial charge in [0.2, 0.25) is 5.89 Å². The molecule has 3 heterocycles. The van der Waals surface area contributed by atoms with E-state index in [0.29, 0.717) is 58.1 Å². The molecule has 0 aliphatic carbocycles. The summed E-state index contributed by atoms with van der Waals surface area (Å²) in [6.07, 6.45) is 2.57. The molecule has 0 N–H and O–H groups in total. The highest BCUT2D eigenvalue weighted by atomic mass is 32.1. The molecular weight excluding hydrogens is 469 g/mol. The van der Waals surface area contributed by atoms with E-state index in [0.717, 1.165) is 5.56 Å². The maximum Gasteiger partial charge on any atom is 0.309 e. The molecule has 0 unspecified atom stereocenters. The molecule has 0 spiro atoms. The van der Waals surface area contributed by atoms with Gasteiger partial charge < -0.3 is 14.1 Å². The summed E-state index contributed by atoms with van der Waals surface area (Å²) >= 11 is 1.69. The van der Waals surface area contributed by atoms with E-state index in [1.54, 1.807) is 35.3 Å². The topological polar surface area (TPSA) is 75.9 Å². The lowest BCUT2D eigenvalue weighted by molar-refractivity contribution is -0.149. The van der Waals surface area contributed by atoms with Crippen molar-refractivity contribution in [1.82, 2.24) is 14.8 Å². The Kier molecular flexibility index (Phi) is 8.30. The zero-order valence-electron chi connectivity index (χ0n) is 20.0. The largest absolute Gasteiger partial charge is 0.466 e. The molecule has 2 aromatic heterocycles. The number of oxazole rings is 1. The fraction of sp³-hybridized carbons (Fsp3) is 0.423. The Hall–Kier alpha value is -3.04. The van der Waals surface area contributed by atoms with E-state index in [-0.39, 0.29) is 29.3 Å². The first kappa shape index (κ1) is 25.1. The number of carbonyl (C=O) groups is 2. The predicted molar refractivity (Wildman–Crippen MR) is 130 cm³/mol. The smallest absolute Gasteiger partial charge is 0.309 e. The van der Waals surface area contributed by atoms with Crippen molar-refractivity contribution in [3.8, 4) is 0 Å². The number of nitrogens with zero attached hydrogens (tertiary/aromatic N) is 3. The number of ether oxygens (including phenoxy) is 1. The van der Waals surface area contributed by atoms with Crippen molar-refractivity contribution in [3.63, 3.8) is 0 Å². The summed E-state index contributed by atoms with van der Waals surface area (Å²) in [7, 11) is 0. The van der Waals surface area contributed by atoms with Crippen molar-refractivity contribution in [3.05, 3.63) is 75.4 Å². The number of hydrogen-bond acceptors (Lipinski definition) is 7. The number of rotatable bonds is 9. The molecule has 1 aliphatic rings. The maximum atomic E-state index is 13.4. The number of benzene rings is 1. The quantitative estimate of drug-likeness (QED) is 0.394. The van der Waals surface area contributed by atoms with E-state index in [4.69, 9.17) is 9.15 Å². The average molecular weight is 500 g/mol. The third-order valence-electron chi connectivity index (χ3n) is 6.19. The van der Waals surface area contributed by atoms with E-state index in [1.165, 1.54) is 28.8 Å². The maximum absolute atomic E-state index is 13.4. The van der Waals surface area contributed by atoms with Crippen molar-refractivity contribution in [2.75, 3.05) is 19.7 Å². The molecule has 0 atom stereocenters. The van der Waals surface area contributed by atoms with Crippen LogP contribution in [0.4, 0.5) is 4.39 Å². The van der Waals surface area contributed by atoms with Crippen molar-refractivity contribution < 1.29 is 23.1 Å². The third-order valence-corrected chi connectivity index (χ3v) is 7.19. The van der Waals surface area contributed by atoms with E-state index in [1.807, 2.05) is 0 Å². The molecule has 1 amide bonds. The van der Waals surface area contributed by atoms with E-state index in [2.05, 4.69) is 28.3 Å². The van der Waals surface area contributed by atoms with Crippen LogP contribution in [-0.4, -0.2) is 46.4 Å². The van der Waals surface area contributed by atoms with Crippen molar-refractivity contribution in [1.29, 1.82) is 0 Å². The average Bonchev–Trinajstić information content (AvgIpc) is 3.49. The van der Waals surface area contributed by atoms with Crippen LogP contribution in [0.1, 0.15) is 52.1 Å². The van der Waals surface area contributed by atoms with Crippen LogP contribution in [0.25, 0.3) is 0 Å². The Morgan fingerprint density at radius 1 is 1.17 bits per heavy atom. The first-order valence-electron chi connectivity index (χ1n) is 11.8. The fourth-order valence-electron chi connectivity index (χ4n) is 4.20. The number of carbonyl (C=O) groups excluding carboxylic acids is 2. The molecule has 1 aliphatic heterocycles. The molecule has 7 nitrogen and oxygen atoms in total. The van der Waals surface area contributed by atoms with E-state index in [9.17, 15) is 14.0 Å². The van der Waals surface area contributed by atoms with Crippen LogP contribution in [0, 0.1) is 18.7 Å². The van der Waals surface area contributed by atoms with Gasteiger partial charge in [-0.05, 0) is 61.4 Å². The van der Waals surface area contributed by atoms with Gasteiger partial charge in [0.25, 0.3) is 5.91 Å². The van der Waals surface area contributed by atoms with Crippen LogP contribution in [0.5, 0.6) is 0 Å². The Bertz CT molecular complexity index is 1140. The Morgan fingerprint density at radius 2 is 1.91 bits per heavy atom. The second-order valence-electron chi connectivity index (χ2n) is 8.74. The Morgan fingerprint density at radius 3 is 2.57 bits per heavy atom. The standard InChI is InChI=1S/C26H30FN3O4S/c1-3-33-26(32)20-8-11-30(12-9-20)25(31)22-17-34-24(28-22)16-29(15-23-18(2)10-13-35-23)14-19-4-6-21(27)7-5-19/h4-7,10,13,17,20H,3,8-9,11-12,14-16H2,1-2H3. The normalized spacial score (nSPS) is 14.5. The van der Waals surface area contributed by atoms with Crippen LogP contribution in [0.2, 0.25) is 0 Å². The summed E-state index contributed by atoms with van der Waals surface area (Å²) in [5.74, 6) is -0.359. The molecule has 35 heavy (non-hydrogen) atoms. The molecule has 1 aromatic carbocycles. The minimum Gasteiger partial charge on any atom is -0.466 e. The summed E-state index contributed by atoms with van der Waals surface area (Å²) in [5.41, 5.74) is 2.46.